The van der Waals surface area contributed by atoms with E-state index >= 15 is 0 Å². The molecular weight excluding hydrogens is 270 g/mol. The highest BCUT2D eigenvalue weighted by atomic mass is 32.2. The quantitative estimate of drug-likeness (QED) is 0.691. The van der Waals surface area contributed by atoms with Crippen molar-refractivity contribution in [3.8, 4) is 0 Å². The lowest BCUT2D eigenvalue weighted by molar-refractivity contribution is -0.141. The van der Waals surface area contributed by atoms with E-state index in [2.05, 4.69) is 0 Å². The maximum Gasteiger partial charge on any atom is 0.308 e. The highest BCUT2D eigenvalue weighted by molar-refractivity contribution is 7.92. The van der Waals surface area contributed by atoms with Crippen molar-refractivity contribution in [3.63, 3.8) is 0 Å². The summed E-state index contributed by atoms with van der Waals surface area (Å²) >= 11 is 0. The highest BCUT2D eigenvalue weighted by Crippen LogP contribution is 2.17. The summed E-state index contributed by atoms with van der Waals surface area (Å²) in [6, 6.07) is 0. The van der Waals surface area contributed by atoms with Crippen LogP contribution in [0.2, 0.25) is 0 Å². The zero-order chi connectivity index (χ0) is 14.5. The first-order valence-corrected chi connectivity index (χ1v) is 8.39. The van der Waals surface area contributed by atoms with E-state index in [0.717, 1.165) is 12.8 Å². The fourth-order valence-corrected chi connectivity index (χ4v) is 3.46. The lowest BCUT2D eigenvalue weighted by Gasteiger charge is -2.15. The molecule has 1 saturated heterocycles. The van der Waals surface area contributed by atoms with Crippen LogP contribution in [0.15, 0.2) is 0 Å². The average Bonchev–Trinajstić information content (AvgIpc) is 2.77. The van der Waals surface area contributed by atoms with Gasteiger partial charge in [0.2, 0.25) is 5.91 Å². The summed E-state index contributed by atoms with van der Waals surface area (Å²) in [6.07, 6.45) is 2.73. The lowest BCUT2D eigenvalue weighted by Crippen LogP contribution is -2.35. The number of nitrogens with zero attached hydrogens (tertiary/aromatic N) is 1. The van der Waals surface area contributed by atoms with Crippen LogP contribution in [-0.2, 0) is 19.4 Å². The van der Waals surface area contributed by atoms with Crippen LogP contribution in [0.4, 0.5) is 0 Å². The molecule has 0 aromatic carbocycles. The van der Waals surface area contributed by atoms with Crippen molar-refractivity contribution < 1.29 is 23.1 Å². The first kappa shape index (κ1) is 15.9. The second-order valence-corrected chi connectivity index (χ2v) is 7.15. The molecule has 0 aromatic rings. The zero-order valence-electron chi connectivity index (χ0n) is 11.2. The van der Waals surface area contributed by atoms with Gasteiger partial charge < -0.3 is 10.0 Å². The summed E-state index contributed by atoms with van der Waals surface area (Å²) in [5.41, 5.74) is 0. The molecule has 1 rings (SSSR count). The molecule has 0 aromatic heterocycles. The van der Waals surface area contributed by atoms with E-state index < -0.39 is 33.4 Å². The Balaban J connectivity index is 2.45. The van der Waals surface area contributed by atoms with Crippen molar-refractivity contribution in [1.29, 1.82) is 0 Å². The molecule has 1 unspecified atom stereocenters. The van der Waals surface area contributed by atoms with Crippen LogP contribution in [0.1, 0.15) is 32.6 Å². The summed E-state index contributed by atoms with van der Waals surface area (Å²) in [5, 5.41) is 8.83. The Labute approximate surface area is 113 Å². The first-order valence-electron chi connectivity index (χ1n) is 6.56. The maximum atomic E-state index is 11.8. The van der Waals surface area contributed by atoms with Crippen LogP contribution in [-0.4, -0.2) is 54.9 Å². The van der Waals surface area contributed by atoms with Crippen molar-refractivity contribution in [2.45, 2.75) is 32.6 Å². The Bertz CT molecular complexity index is 431. The molecule has 0 aliphatic carbocycles. The predicted octanol–water partition coefficient (Wildman–Crippen LogP) is 0.524. The molecule has 0 radical (unpaired) electrons. The molecule has 0 saturated carbocycles. The minimum absolute atomic E-state index is 0.0305. The third-order valence-corrected chi connectivity index (χ3v) is 4.89. The van der Waals surface area contributed by atoms with Gasteiger partial charge in [-0.2, -0.15) is 0 Å². The molecule has 19 heavy (non-hydrogen) atoms. The maximum absolute atomic E-state index is 11.8. The molecular formula is C12H21NO5S. The number of sulfone groups is 1. The topological polar surface area (TPSA) is 91.8 Å². The van der Waals surface area contributed by atoms with Gasteiger partial charge in [-0.1, -0.05) is 19.8 Å². The monoisotopic (exact) mass is 291 g/mol. The summed E-state index contributed by atoms with van der Waals surface area (Å²) in [4.78, 5) is 23.9. The van der Waals surface area contributed by atoms with E-state index in [9.17, 15) is 18.0 Å². The van der Waals surface area contributed by atoms with Gasteiger partial charge in [-0.3, -0.25) is 9.59 Å². The predicted molar refractivity (Wildman–Crippen MR) is 70.5 cm³/mol. The Kier molecular flexibility index (Phi) is 5.78. The molecule has 1 atom stereocenters. The Hall–Kier alpha value is -1.11. The Morgan fingerprint density at radius 3 is 2.53 bits per heavy atom. The van der Waals surface area contributed by atoms with Gasteiger partial charge in [-0.15, -0.1) is 0 Å². The van der Waals surface area contributed by atoms with E-state index in [1.807, 2.05) is 6.92 Å². The van der Waals surface area contributed by atoms with Gasteiger partial charge in [0, 0.05) is 13.1 Å². The van der Waals surface area contributed by atoms with Crippen LogP contribution in [0, 0.1) is 5.92 Å². The summed E-state index contributed by atoms with van der Waals surface area (Å²) in [6.45, 7) is 2.44. The highest BCUT2D eigenvalue weighted by Gasteiger charge is 2.32. The minimum Gasteiger partial charge on any atom is -0.481 e. The molecule has 0 bridgehead atoms. The summed E-state index contributed by atoms with van der Waals surface area (Å²) in [5.74, 6) is -2.43. The normalized spacial score (nSPS) is 19.6. The van der Waals surface area contributed by atoms with Gasteiger partial charge in [-0.05, 0) is 12.8 Å². The van der Waals surface area contributed by atoms with E-state index in [-0.39, 0.29) is 12.3 Å². The fraction of sp³-hybridized carbons (Fsp3) is 0.833. The van der Waals surface area contributed by atoms with E-state index in [4.69, 9.17) is 5.11 Å². The van der Waals surface area contributed by atoms with E-state index in [1.54, 1.807) is 0 Å². The van der Waals surface area contributed by atoms with Crippen LogP contribution < -0.4 is 0 Å². The molecule has 110 valence electrons. The number of carboxylic acids is 1. The van der Waals surface area contributed by atoms with Crippen molar-refractivity contribution in [2.75, 3.05) is 24.6 Å². The Morgan fingerprint density at radius 2 is 2.00 bits per heavy atom. The van der Waals surface area contributed by atoms with Gasteiger partial charge >= 0.3 is 5.97 Å². The molecule has 1 amide bonds. The third-order valence-electron chi connectivity index (χ3n) is 3.29. The van der Waals surface area contributed by atoms with Gasteiger partial charge in [0.05, 0.1) is 11.7 Å². The van der Waals surface area contributed by atoms with E-state index in [0.29, 0.717) is 19.4 Å². The lowest BCUT2D eigenvalue weighted by atomic mass is 10.1. The second-order valence-electron chi connectivity index (χ2n) is 4.96. The SMILES string of the molecule is CCCCCS(=O)(=O)CC(=O)N1CCC(C(=O)O)C1. The van der Waals surface area contributed by atoms with E-state index in [1.165, 1.54) is 4.90 Å². The first-order chi connectivity index (χ1) is 8.85. The third kappa shape index (κ3) is 5.18. The van der Waals surface area contributed by atoms with Crippen LogP contribution in [0.5, 0.6) is 0 Å². The molecule has 1 aliphatic rings. The molecule has 7 heteroatoms. The number of unbranched alkanes of at least 4 members (excludes halogenated alkanes) is 2. The molecule has 6 nitrogen and oxygen atoms in total. The van der Waals surface area contributed by atoms with Crippen LogP contribution in [0.3, 0.4) is 0 Å². The van der Waals surface area contributed by atoms with Crippen molar-refractivity contribution in [1.82, 2.24) is 4.90 Å². The smallest absolute Gasteiger partial charge is 0.308 e. The standard InChI is InChI=1S/C12H21NO5S/c1-2-3-4-7-19(17,18)9-11(14)13-6-5-10(8-13)12(15)16/h10H,2-9H2,1H3,(H,15,16). The fourth-order valence-electron chi connectivity index (χ4n) is 2.11. The summed E-state index contributed by atoms with van der Waals surface area (Å²) < 4.78 is 23.4. The van der Waals surface area contributed by atoms with Crippen molar-refractivity contribution in [2.24, 2.45) is 5.92 Å². The number of aliphatic carboxylic acids is 1. The number of carbonyl (C=O) groups is 2. The number of carbonyl (C=O) groups excluding carboxylic acids is 1. The minimum atomic E-state index is -3.37. The second kappa shape index (κ2) is 6.88. The molecule has 1 aliphatic heterocycles. The van der Waals surface area contributed by atoms with Gasteiger partial charge in [0.1, 0.15) is 5.75 Å². The van der Waals surface area contributed by atoms with Gasteiger partial charge in [0.25, 0.3) is 0 Å². The van der Waals surface area contributed by atoms with Gasteiger partial charge in [0.15, 0.2) is 9.84 Å². The molecule has 1 N–H and O–H groups in total. The number of hydrogen-bond acceptors (Lipinski definition) is 4. The number of amides is 1. The number of hydrogen-bond donors (Lipinski definition) is 1. The average molecular weight is 291 g/mol. The number of carboxylic acid groups (broad SMARTS) is 1. The molecule has 1 fully saturated rings. The number of rotatable bonds is 7. The van der Waals surface area contributed by atoms with Crippen LogP contribution >= 0.6 is 0 Å². The Morgan fingerprint density at radius 1 is 1.32 bits per heavy atom. The number of likely N-dealkylation sites (tertiary alicyclic amines) is 1. The molecule has 0 spiro atoms. The van der Waals surface area contributed by atoms with Gasteiger partial charge in [-0.25, -0.2) is 8.42 Å². The van der Waals surface area contributed by atoms with Crippen LogP contribution in [0.25, 0.3) is 0 Å². The van der Waals surface area contributed by atoms with Crippen molar-refractivity contribution >= 4 is 21.7 Å². The molecule has 1 heterocycles. The zero-order valence-corrected chi connectivity index (χ0v) is 12.0. The largest absolute Gasteiger partial charge is 0.481 e. The summed E-state index contributed by atoms with van der Waals surface area (Å²) in [7, 11) is -3.37. The van der Waals surface area contributed by atoms with Crippen molar-refractivity contribution in [3.05, 3.63) is 0 Å².